The van der Waals surface area contributed by atoms with Crippen LogP contribution in [0.1, 0.15) is 29.2 Å². The Labute approximate surface area is 108 Å². The van der Waals surface area contributed by atoms with Gasteiger partial charge in [-0.25, -0.2) is 0 Å². The summed E-state index contributed by atoms with van der Waals surface area (Å²) in [5.74, 6) is 0.344. The first-order valence-corrected chi connectivity index (χ1v) is 6.27. The molecule has 92 valence electrons. The van der Waals surface area contributed by atoms with Crippen LogP contribution >= 0.6 is 0 Å². The van der Waals surface area contributed by atoms with Crippen LogP contribution in [-0.4, -0.2) is 5.11 Å². The van der Waals surface area contributed by atoms with Gasteiger partial charge >= 0.3 is 0 Å². The van der Waals surface area contributed by atoms with Crippen molar-refractivity contribution in [3.05, 3.63) is 64.7 Å². The largest absolute Gasteiger partial charge is 0.507 e. The third-order valence-electron chi connectivity index (χ3n) is 3.23. The zero-order valence-corrected chi connectivity index (χ0v) is 10.9. The normalized spacial score (nSPS) is 11.0. The van der Waals surface area contributed by atoms with Gasteiger partial charge < -0.3 is 5.11 Å². The average molecular weight is 238 g/mol. The minimum atomic E-state index is 0.344. The molecule has 0 aliphatic carbocycles. The van der Waals surface area contributed by atoms with Crippen LogP contribution < -0.4 is 0 Å². The maximum atomic E-state index is 9.94. The molecule has 0 heterocycles. The van der Waals surface area contributed by atoms with Crippen LogP contribution in [-0.2, 0) is 6.42 Å². The summed E-state index contributed by atoms with van der Waals surface area (Å²) >= 11 is 0. The molecule has 0 spiro atoms. The summed E-state index contributed by atoms with van der Waals surface area (Å²) in [6.07, 6.45) is 5.00. The Morgan fingerprint density at radius 3 is 2.39 bits per heavy atom. The fourth-order valence-corrected chi connectivity index (χ4v) is 2.10. The van der Waals surface area contributed by atoms with Crippen molar-refractivity contribution in [2.24, 2.45) is 0 Å². The number of hydrogen-bond donors (Lipinski definition) is 1. The van der Waals surface area contributed by atoms with Crippen LogP contribution in [0.25, 0.3) is 12.2 Å². The van der Waals surface area contributed by atoms with Crippen molar-refractivity contribution in [2.45, 2.75) is 20.3 Å². The van der Waals surface area contributed by atoms with E-state index in [1.54, 1.807) is 6.07 Å². The molecule has 2 aromatic rings. The van der Waals surface area contributed by atoms with Gasteiger partial charge in [0.1, 0.15) is 5.75 Å². The molecule has 0 radical (unpaired) electrons. The number of aromatic hydroxyl groups is 1. The lowest BCUT2D eigenvalue weighted by Gasteiger charge is -2.09. The lowest BCUT2D eigenvalue weighted by Crippen LogP contribution is -1.90. The first-order valence-electron chi connectivity index (χ1n) is 6.27. The fraction of sp³-hybridized carbons (Fsp3) is 0.176. The van der Waals surface area contributed by atoms with Crippen molar-refractivity contribution in [1.82, 2.24) is 0 Å². The number of phenolic OH excluding ortho intramolecular Hbond substituents is 1. The molecule has 0 unspecified atom stereocenters. The van der Waals surface area contributed by atoms with Crippen LogP contribution in [0.4, 0.5) is 0 Å². The Bertz CT molecular complexity index is 553. The molecular weight excluding hydrogens is 220 g/mol. The van der Waals surface area contributed by atoms with Crippen LogP contribution in [0.2, 0.25) is 0 Å². The summed E-state index contributed by atoms with van der Waals surface area (Å²) in [5, 5.41) is 9.94. The second-order valence-electron chi connectivity index (χ2n) is 4.38. The quantitative estimate of drug-likeness (QED) is 0.784. The van der Waals surface area contributed by atoms with Crippen LogP contribution in [0, 0.1) is 6.92 Å². The number of phenols is 1. The Morgan fingerprint density at radius 1 is 1.00 bits per heavy atom. The summed E-state index contributed by atoms with van der Waals surface area (Å²) in [6.45, 7) is 4.19. The number of hydrogen-bond acceptors (Lipinski definition) is 1. The van der Waals surface area contributed by atoms with E-state index in [4.69, 9.17) is 0 Å². The Kier molecular flexibility index (Phi) is 3.83. The number of rotatable bonds is 3. The molecule has 0 saturated heterocycles. The Morgan fingerprint density at radius 2 is 1.72 bits per heavy atom. The standard InChI is InChI=1S/C17H18O/c1-3-15-10-12-17(18)16(13(15)2)11-9-14-7-5-4-6-8-14/h4-12,18H,3H2,1-2H3. The predicted molar refractivity (Wildman–Crippen MR) is 77.6 cm³/mol. The van der Waals surface area contributed by atoms with Gasteiger partial charge in [0, 0.05) is 5.56 Å². The minimum absolute atomic E-state index is 0.344. The lowest BCUT2D eigenvalue weighted by molar-refractivity contribution is 0.473. The molecule has 0 bridgehead atoms. The molecule has 1 nitrogen and oxygen atoms in total. The first kappa shape index (κ1) is 12.4. The van der Waals surface area contributed by atoms with E-state index in [1.807, 2.05) is 48.6 Å². The van der Waals surface area contributed by atoms with E-state index in [0.717, 1.165) is 23.1 Å². The predicted octanol–water partition coefficient (Wildman–Crippen LogP) is 4.43. The molecule has 1 heteroatoms. The maximum Gasteiger partial charge on any atom is 0.123 e. The van der Waals surface area contributed by atoms with Gasteiger partial charge in [0.15, 0.2) is 0 Å². The summed E-state index contributed by atoms with van der Waals surface area (Å²) in [4.78, 5) is 0. The molecule has 2 rings (SSSR count). The zero-order valence-electron chi connectivity index (χ0n) is 10.9. The number of benzene rings is 2. The molecule has 0 aliphatic heterocycles. The topological polar surface area (TPSA) is 20.2 Å². The van der Waals surface area contributed by atoms with Crippen molar-refractivity contribution < 1.29 is 5.11 Å². The second-order valence-corrected chi connectivity index (χ2v) is 4.38. The Balaban J connectivity index is 2.37. The van der Waals surface area contributed by atoms with Crippen molar-refractivity contribution in [1.29, 1.82) is 0 Å². The van der Waals surface area contributed by atoms with Gasteiger partial charge in [-0.05, 0) is 36.1 Å². The zero-order chi connectivity index (χ0) is 13.0. The van der Waals surface area contributed by atoms with E-state index >= 15 is 0 Å². The van der Waals surface area contributed by atoms with E-state index < -0.39 is 0 Å². The van der Waals surface area contributed by atoms with Crippen molar-refractivity contribution in [2.75, 3.05) is 0 Å². The molecule has 0 aromatic heterocycles. The third kappa shape index (κ3) is 2.62. The highest BCUT2D eigenvalue weighted by molar-refractivity contribution is 5.74. The van der Waals surface area contributed by atoms with Gasteiger partial charge in [0.2, 0.25) is 0 Å². The molecule has 0 amide bonds. The van der Waals surface area contributed by atoms with Gasteiger partial charge in [-0.15, -0.1) is 0 Å². The van der Waals surface area contributed by atoms with E-state index in [1.165, 1.54) is 5.56 Å². The van der Waals surface area contributed by atoms with Crippen LogP contribution in [0.5, 0.6) is 5.75 Å². The molecule has 0 aliphatic rings. The summed E-state index contributed by atoms with van der Waals surface area (Å²) in [7, 11) is 0. The van der Waals surface area contributed by atoms with Crippen LogP contribution in [0.3, 0.4) is 0 Å². The lowest BCUT2D eigenvalue weighted by atomic mass is 9.98. The van der Waals surface area contributed by atoms with E-state index in [2.05, 4.69) is 13.8 Å². The fourth-order valence-electron chi connectivity index (χ4n) is 2.10. The molecule has 2 aromatic carbocycles. The van der Waals surface area contributed by atoms with Gasteiger partial charge in [0.05, 0.1) is 0 Å². The van der Waals surface area contributed by atoms with Crippen molar-refractivity contribution >= 4 is 12.2 Å². The van der Waals surface area contributed by atoms with Gasteiger partial charge in [-0.3, -0.25) is 0 Å². The highest BCUT2D eigenvalue weighted by Gasteiger charge is 2.05. The van der Waals surface area contributed by atoms with Gasteiger partial charge in [-0.1, -0.05) is 55.5 Å². The second kappa shape index (κ2) is 5.54. The van der Waals surface area contributed by atoms with Gasteiger partial charge in [0.25, 0.3) is 0 Å². The van der Waals surface area contributed by atoms with Gasteiger partial charge in [-0.2, -0.15) is 0 Å². The molecular formula is C17H18O. The minimum Gasteiger partial charge on any atom is -0.507 e. The van der Waals surface area contributed by atoms with Crippen molar-refractivity contribution in [3.63, 3.8) is 0 Å². The molecule has 0 fully saturated rings. The highest BCUT2D eigenvalue weighted by Crippen LogP contribution is 2.26. The molecule has 0 atom stereocenters. The summed E-state index contributed by atoms with van der Waals surface area (Å²) in [6, 6.07) is 13.9. The summed E-state index contributed by atoms with van der Waals surface area (Å²) in [5.41, 5.74) is 4.49. The SMILES string of the molecule is CCc1ccc(O)c(C=Cc2ccccc2)c1C. The van der Waals surface area contributed by atoms with E-state index in [0.29, 0.717) is 5.75 Å². The highest BCUT2D eigenvalue weighted by atomic mass is 16.3. The summed E-state index contributed by atoms with van der Waals surface area (Å²) < 4.78 is 0. The van der Waals surface area contributed by atoms with Crippen LogP contribution in [0.15, 0.2) is 42.5 Å². The maximum absolute atomic E-state index is 9.94. The molecule has 0 saturated carbocycles. The molecule has 1 N–H and O–H groups in total. The first-order chi connectivity index (χ1) is 8.72. The smallest absolute Gasteiger partial charge is 0.123 e. The number of aryl methyl sites for hydroxylation is 1. The van der Waals surface area contributed by atoms with Crippen molar-refractivity contribution in [3.8, 4) is 5.75 Å². The van der Waals surface area contributed by atoms with E-state index in [9.17, 15) is 5.11 Å². The monoisotopic (exact) mass is 238 g/mol. The molecule has 18 heavy (non-hydrogen) atoms. The van der Waals surface area contributed by atoms with E-state index in [-0.39, 0.29) is 0 Å². The third-order valence-corrected chi connectivity index (χ3v) is 3.23. The Hall–Kier alpha value is -2.02. The average Bonchev–Trinajstić information content (AvgIpc) is 2.40.